The third-order valence-electron chi connectivity index (χ3n) is 7.65. The minimum absolute atomic E-state index is 0.00357. The van der Waals surface area contributed by atoms with Gasteiger partial charge in [-0.3, -0.25) is 4.79 Å². The highest BCUT2D eigenvalue weighted by Crippen LogP contribution is 2.43. The molecule has 4 nitrogen and oxygen atoms in total. The lowest BCUT2D eigenvalue weighted by atomic mass is 9.70. The molecule has 4 atom stereocenters. The van der Waals surface area contributed by atoms with E-state index in [-0.39, 0.29) is 29.6 Å². The van der Waals surface area contributed by atoms with Gasteiger partial charge in [-0.05, 0) is 30.2 Å². The van der Waals surface area contributed by atoms with E-state index in [9.17, 15) is 18.7 Å². The summed E-state index contributed by atoms with van der Waals surface area (Å²) in [5.41, 5.74) is 0.273. The van der Waals surface area contributed by atoms with Gasteiger partial charge < -0.3 is 14.9 Å². The Balaban J connectivity index is 1.58. The van der Waals surface area contributed by atoms with E-state index in [2.05, 4.69) is 11.8 Å². The van der Waals surface area contributed by atoms with E-state index in [4.69, 9.17) is 0 Å². The van der Waals surface area contributed by atoms with Crippen molar-refractivity contribution in [2.45, 2.75) is 38.7 Å². The fourth-order valence-corrected chi connectivity index (χ4v) is 5.94. The number of amides is 1. The van der Waals surface area contributed by atoms with E-state index in [0.29, 0.717) is 31.7 Å². The molecule has 2 fully saturated rings. The van der Waals surface area contributed by atoms with Crippen molar-refractivity contribution in [3.8, 4) is 0 Å². The van der Waals surface area contributed by atoms with Gasteiger partial charge in [-0.25, -0.2) is 8.78 Å². The van der Waals surface area contributed by atoms with Crippen LogP contribution in [0.4, 0.5) is 8.78 Å². The first-order valence-electron chi connectivity index (χ1n) is 12.0. The number of hydrogen-bond acceptors (Lipinski definition) is 3. The lowest BCUT2D eigenvalue weighted by molar-refractivity contribution is -0.152. The number of carbonyl (C=O) groups is 1. The average Bonchev–Trinajstić information content (AvgIpc) is 3.21. The molecule has 4 rings (SSSR count). The number of hydrogen-bond donors (Lipinski definition) is 1. The number of halogens is 2. The molecule has 6 heteroatoms. The Labute approximate surface area is 195 Å². The Hall–Kier alpha value is -2.31. The smallest absolute Gasteiger partial charge is 0.227 e. The Bertz CT molecular complexity index is 971. The molecule has 0 saturated carbocycles. The number of rotatable bonds is 5. The summed E-state index contributed by atoms with van der Waals surface area (Å²) < 4.78 is 28.2. The van der Waals surface area contributed by atoms with Crippen molar-refractivity contribution in [2.75, 3.05) is 32.7 Å². The van der Waals surface area contributed by atoms with E-state index < -0.39 is 17.2 Å². The summed E-state index contributed by atoms with van der Waals surface area (Å²) in [6.07, 6.45) is 0.946. The van der Waals surface area contributed by atoms with Crippen LogP contribution in [0.1, 0.15) is 44.2 Å². The van der Waals surface area contributed by atoms with Crippen LogP contribution in [0.5, 0.6) is 0 Å². The summed E-state index contributed by atoms with van der Waals surface area (Å²) >= 11 is 0. The lowest BCUT2D eigenvalue weighted by Gasteiger charge is -2.48. The largest absolute Gasteiger partial charge is 0.384 e. The van der Waals surface area contributed by atoms with Crippen molar-refractivity contribution < 1.29 is 18.7 Å². The summed E-state index contributed by atoms with van der Waals surface area (Å²) in [6, 6.07) is 13.3. The van der Waals surface area contributed by atoms with E-state index in [0.717, 1.165) is 24.6 Å². The van der Waals surface area contributed by atoms with Gasteiger partial charge in [0.05, 0.1) is 11.5 Å². The van der Waals surface area contributed by atoms with E-state index in [1.165, 1.54) is 12.1 Å². The number of carbonyl (C=O) groups excluding carboxylic acids is 1. The average molecular weight is 457 g/mol. The van der Waals surface area contributed by atoms with E-state index >= 15 is 0 Å². The highest BCUT2D eigenvalue weighted by molar-refractivity contribution is 5.81. The first-order valence-corrected chi connectivity index (χ1v) is 12.0. The lowest BCUT2D eigenvalue weighted by Crippen LogP contribution is -2.57. The van der Waals surface area contributed by atoms with Crippen molar-refractivity contribution in [1.29, 1.82) is 0 Å². The fourth-order valence-electron chi connectivity index (χ4n) is 5.94. The van der Waals surface area contributed by atoms with Gasteiger partial charge in [-0.1, -0.05) is 57.2 Å². The number of nitrogens with zero attached hydrogens (tertiary/aromatic N) is 2. The van der Waals surface area contributed by atoms with E-state index in [1.54, 1.807) is 0 Å². The highest BCUT2D eigenvalue weighted by Gasteiger charge is 2.49. The van der Waals surface area contributed by atoms with Crippen LogP contribution in [-0.4, -0.2) is 53.5 Å². The molecule has 0 aromatic heterocycles. The zero-order chi connectivity index (χ0) is 23.8. The van der Waals surface area contributed by atoms with Crippen LogP contribution < -0.4 is 0 Å². The van der Waals surface area contributed by atoms with Crippen LogP contribution in [0.15, 0.2) is 48.5 Å². The third-order valence-corrected chi connectivity index (χ3v) is 7.65. The zero-order valence-electron chi connectivity index (χ0n) is 19.7. The van der Waals surface area contributed by atoms with Crippen molar-refractivity contribution in [3.05, 3.63) is 71.3 Å². The van der Waals surface area contributed by atoms with Gasteiger partial charge in [-0.15, -0.1) is 0 Å². The Kier molecular flexibility index (Phi) is 6.87. The van der Waals surface area contributed by atoms with Crippen LogP contribution in [0.3, 0.4) is 0 Å². The highest BCUT2D eigenvalue weighted by atomic mass is 19.1. The maximum absolute atomic E-state index is 14.7. The normalized spacial score (nSPS) is 30.5. The first kappa shape index (κ1) is 23.8. The second kappa shape index (κ2) is 9.51. The molecule has 2 unspecified atom stereocenters. The molecule has 2 aromatic carbocycles. The van der Waals surface area contributed by atoms with Crippen LogP contribution in [0.25, 0.3) is 0 Å². The summed E-state index contributed by atoms with van der Waals surface area (Å²) in [7, 11) is 0. The molecule has 0 aliphatic carbocycles. The molecule has 178 valence electrons. The van der Waals surface area contributed by atoms with Crippen molar-refractivity contribution in [3.63, 3.8) is 0 Å². The van der Waals surface area contributed by atoms with Gasteiger partial charge in [0.25, 0.3) is 0 Å². The van der Waals surface area contributed by atoms with Crippen molar-refractivity contribution in [1.82, 2.24) is 9.80 Å². The van der Waals surface area contributed by atoms with Crippen LogP contribution in [0.2, 0.25) is 0 Å². The van der Waals surface area contributed by atoms with Gasteiger partial charge in [0.2, 0.25) is 5.91 Å². The number of aliphatic hydroxyl groups is 1. The molecule has 0 bridgehead atoms. The quantitative estimate of drug-likeness (QED) is 0.726. The van der Waals surface area contributed by atoms with Crippen LogP contribution in [0, 0.1) is 29.4 Å². The number of piperidine rings is 1. The minimum Gasteiger partial charge on any atom is -0.384 e. The van der Waals surface area contributed by atoms with Gasteiger partial charge in [0.15, 0.2) is 0 Å². The monoisotopic (exact) mass is 456 g/mol. The molecular formula is C27H34F2N2O2. The van der Waals surface area contributed by atoms with E-state index in [1.807, 2.05) is 49.1 Å². The number of likely N-dealkylation sites (tertiary alicyclic amines) is 2. The molecule has 2 aliphatic heterocycles. The molecular weight excluding hydrogens is 422 g/mol. The first-order chi connectivity index (χ1) is 15.8. The Morgan fingerprint density at radius 1 is 1.03 bits per heavy atom. The molecule has 0 radical (unpaired) electrons. The second-order valence-electron chi connectivity index (χ2n) is 9.88. The second-order valence-corrected chi connectivity index (χ2v) is 9.88. The van der Waals surface area contributed by atoms with Gasteiger partial charge in [-0.2, -0.15) is 0 Å². The summed E-state index contributed by atoms with van der Waals surface area (Å²) in [5.74, 6) is -2.21. The molecule has 2 aromatic rings. The SMILES string of the molecule is CCCN1C[C@@H](C(=O)N2CC(C)C(O)(c3ccccc3)C(C)C2)[C@H](c2ccc(F)cc2F)C1. The Morgan fingerprint density at radius 2 is 1.70 bits per heavy atom. The van der Waals surface area contributed by atoms with Crippen LogP contribution in [-0.2, 0) is 10.4 Å². The van der Waals surface area contributed by atoms with Crippen LogP contribution >= 0.6 is 0 Å². The maximum atomic E-state index is 14.7. The van der Waals surface area contributed by atoms with Gasteiger partial charge in [0, 0.05) is 50.0 Å². The third kappa shape index (κ3) is 4.43. The minimum atomic E-state index is -1.01. The van der Waals surface area contributed by atoms with Gasteiger partial charge in [0.1, 0.15) is 11.6 Å². The summed E-state index contributed by atoms with van der Waals surface area (Å²) in [5, 5.41) is 11.6. The van der Waals surface area contributed by atoms with Crippen molar-refractivity contribution in [2.24, 2.45) is 17.8 Å². The molecule has 2 saturated heterocycles. The maximum Gasteiger partial charge on any atom is 0.227 e. The molecule has 2 heterocycles. The molecule has 1 N–H and O–H groups in total. The van der Waals surface area contributed by atoms with Gasteiger partial charge >= 0.3 is 0 Å². The number of benzene rings is 2. The zero-order valence-corrected chi connectivity index (χ0v) is 19.7. The predicted octanol–water partition coefficient (Wildman–Crippen LogP) is 4.39. The standard InChI is InChI=1S/C27H34F2N2O2/c1-4-12-30-16-23(22-11-10-21(28)13-25(22)29)24(17-30)26(32)31-14-18(2)27(33,19(3)15-31)20-8-6-5-7-9-20/h5-11,13,18-19,23-24,33H,4,12,14-17H2,1-3H3/t18?,19?,23-,24+,27?/m0/s1. The molecule has 33 heavy (non-hydrogen) atoms. The summed E-state index contributed by atoms with van der Waals surface area (Å²) in [6.45, 7) is 8.92. The molecule has 1 amide bonds. The Morgan fingerprint density at radius 3 is 2.30 bits per heavy atom. The summed E-state index contributed by atoms with van der Waals surface area (Å²) in [4.78, 5) is 17.8. The predicted molar refractivity (Wildman–Crippen MR) is 125 cm³/mol. The van der Waals surface area contributed by atoms with Crippen molar-refractivity contribution >= 4 is 5.91 Å². The fraction of sp³-hybridized carbons (Fsp3) is 0.519. The molecule has 2 aliphatic rings. The molecule has 0 spiro atoms. The topological polar surface area (TPSA) is 43.8 Å².